The van der Waals surface area contributed by atoms with Crippen molar-refractivity contribution in [2.45, 2.75) is 6.92 Å². The van der Waals surface area contributed by atoms with Crippen LogP contribution in [-0.4, -0.2) is 10.9 Å². The van der Waals surface area contributed by atoms with Gasteiger partial charge in [0.15, 0.2) is 0 Å². The predicted octanol–water partition coefficient (Wildman–Crippen LogP) is 4.59. The molecule has 0 aliphatic heterocycles. The molecule has 0 aliphatic rings. The number of carbonyl (C=O) groups excluding carboxylic acids is 1. The molecule has 0 bridgehead atoms. The van der Waals surface area contributed by atoms with Gasteiger partial charge in [-0.15, -0.1) is 11.3 Å². The third kappa shape index (κ3) is 2.59. The molecule has 0 radical (unpaired) electrons. The third-order valence-corrected chi connectivity index (χ3v) is 4.99. The highest BCUT2D eigenvalue weighted by atomic mass is 32.1. The fourth-order valence-corrected chi connectivity index (χ4v) is 3.71. The van der Waals surface area contributed by atoms with E-state index in [-0.39, 0.29) is 5.91 Å². The van der Waals surface area contributed by atoms with Gasteiger partial charge >= 0.3 is 0 Å². The normalized spacial score (nSPS) is 11.0. The smallest absolute Gasteiger partial charge is 0.265 e. The van der Waals surface area contributed by atoms with E-state index in [0.29, 0.717) is 16.3 Å². The van der Waals surface area contributed by atoms with Gasteiger partial charge in [0.05, 0.1) is 10.4 Å². The van der Waals surface area contributed by atoms with Crippen LogP contribution in [0.25, 0.3) is 21.0 Å². The summed E-state index contributed by atoms with van der Waals surface area (Å²) in [7, 11) is 0. The van der Waals surface area contributed by atoms with Crippen molar-refractivity contribution in [3.8, 4) is 0 Å². The van der Waals surface area contributed by atoms with Crippen LogP contribution < -0.4 is 11.1 Å². The summed E-state index contributed by atoms with van der Waals surface area (Å²) in [5, 5.41) is 4.86. The fraction of sp³-hybridized carbons (Fsp3) is 0.0526. The number of anilines is 2. The van der Waals surface area contributed by atoms with Gasteiger partial charge in [-0.3, -0.25) is 9.78 Å². The van der Waals surface area contributed by atoms with Crippen LogP contribution in [0.4, 0.5) is 11.4 Å². The Labute approximate surface area is 142 Å². The molecule has 2 aromatic carbocycles. The Morgan fingerprint density at radius 3 is 2.79 bits per heavy atom. The van der Waals surface area contributed by atoms with Gasteiger partial charge in [-0.1, -0.05) is 18.2 Å². The number of aryl methyl sites for hydroxylation is 1. The van der Waals surface area contributed by atoms with E-state index in [4.69, 9.17) is 5.73 Å². The average molecular weight is 333 g/mol. The first-order valence-electron chi connectivity index (χ1n) is 7.57. The SMILES string of the molecule is Cc1cc(N)c2cc(NC(=O)c3cc4ccccc4s3)ccc2n1. The van der Waals surface area contributed by atoms with Crippen LogP contribution >= 0.6 is 11.3 Å². The number of nitrogens with zero attached hydrogens (tertiary/aromatic N) is 1. The number of benzene rings is 2. The zero-order valence-corrected chi connectivity index (χ0v) is 13.9. The number of aromatic nitrogens is 1. The first kappa shape index (κ1) is 14.7. The van der Waals surface area contributed by atoms with Crippen LogP contribution in [0.15, 0.2) is 54.6 Å². The molecule has 0 fully saturated rings. The molecule has 0 saturated heterocycles. The molecule has 0 saturated carbocycles. The second kappa shape index (κ2) is 5.62. The van der Waals surface area contributed by atoms with Crippen LogP contribution in [0.2, 0.25) is 0 Å². The quantitative estimate of drug-likeness (QED) is 0.563. The Hall–Kier alpha value is -2.92. The molecule has 0 unspecified atom stereocenters. The molecule has 4 aromatic rings. The maximum Gasteiger partial charge on any atom is 0.265 e. The zero-order chi connectivity index (χ0) is 16.7. The van der Waals surface area contributed by atoms with E-state index < -0.39 is 0 Å². The molecule has 3 N–H and O–H groups in total. The first-order chi connectivity index (χ1) is 11.6. The number of hydrogen-bond acceptors (Lipinski definition) is 4. The number of thiophene rings is 1. The number of fused-ring (bicyclic) bond motifs is 2. The minimum absolute atomic E-state index is 0.116. The topological polar surface area (TPSA) is 68.0 Å². The van der Waals surface area contributed by atoms with Gasteiger partial charge in [0.1, 0.15) is 0 Å². The minimum Gasteiger partial charge on any atom is -0.398 e. The van der Waals surface area contributed by atoms with Gasteiger partial charge in [0, 0.05) is 27.2 Å². The number of pyridine rings is 1. The summed E-state index contributed by atoms with van der Waals surface area (Å²) in [4.78, 5) is 17.7. The molecular formula is C19H15N3OS. The van der Waals surface area contributed by atoms with Gasteiger partial charge in [-0.2, -0.15) is 0 Å². The Bertz CT molecular complexity index is 1050. The van der Waals surface area contributed by atoms with E-state index in [1.165, 1.54) is 11.3 Å². The number of amides is 1. The molecule has 2 aromatic heterocycles. The second-order valence-corrected chi connectivity index (χ2v) is 6.77. The number of rotatable bonds is 2. The summed E-state index contributed by atoms with van der Waals surface area (Å²) in [6, 6.07) is 17.3. The molecule has 5 heteroatoms. The number of nitrogens with one attached hydrogen (secondary N) is 1. The maximum absolute atomic E-state index is 12.5. The summed E-state index contributed by atoms with van der Waals surface area (Å²) in [5.74, 6) is -0.116. The van der Waals surface area contributed by atoms with Crippen molar-refractivity contribution in [3.05, 3.63) is 65.2 Å². The molecule has 2 heterocycles. The summed E-state index contributed by atoms with van der Waals surface area (Å²) < 4.78 is 1.10. The number of nitrogen functional groups attached to an aromatic ring is 1. The minimum atomic E-state index is -0.116. The van der Waals surface area contributed by atoms with E-state index in [1.807, 2.05) is 61.5 Å². The Kier molecular flexibility index (Phi) is 3.43. The molecule has 1 amide bonds. The standard InChI is InChI=1S/C19H15N3OS/c1-11-8-15(20)14-10-13(6-7-16(14)21-11)22-19(23)18-9-12-4-2-3-5-17(12)24-18/h2-10H,1H3,(H2,20,21)(H,22,23). The third-order valence-electron chi connectivity index (χ3n) is 3.88. The molecule has 118 valence electrons. The molecule has 4 rings (SSSR count). The Morgan fingerprint density at radius 2 is 1.96 bits per heavy atom. The van der Waals surface area contributed by atoms with Gasteiger partial charge < -0.3 is 11.1 Å². The van der Waals surface area contributed by atoms with Crippen molar-refractivity contribution in [1.82, 2.24) is 4.98 Å². The number of hydrogen-bond donors (Lipinski definition) is 2. The van der Waals surface area contributed by atoms with Gasteiger partial charge in [0.2, 0.25) is 0 Å². The molecule has 0 aliphatic carbocycles. The predicted molar refractivity (Wildman–Crippen MR) is 101 cm³/mol. The maximum atomic E-state index is 12.5. The Balaban J connectivity index is 1.67. The van der Waals surface area contributed by atoms with Gasteiger partial charge in [-0.05, 0) is 48.7 Å². The van der Waals surface area contributed by atoms with Gasteiger partial charge in [-0.25, -0.2) is 0 Å². The highest BCUT2D eigenvalue weighted by molar-refractivity contribution is 7.20. The van der Waals surface area contributed by atoms with E-state index in [1.54, 1.807) is 0 Å². The van der Waals surface area contributed by atoms with Crippen molar-refractivity contribution in [2.24, 2.45) is 0 Å². The van der Waals surface area contributed by atoms with Crippen molar-refractivity contribution < 1.29 is 4.79 Å². The molecule has 0 spiro atoms. The van der Waals surface area contributed by atoms with Crippen molar-refractivity contribution in [1.29, 1.82) is 0 Å². The monoisotopic (exact) mass is 333 g/mol. The van der Waals surface area contributed by atoms with E-state index in [9.17, 15) is 4.79 Å². The van der Waals surface area contributed by atoms with Crippen LogP contribution in [0.5, 0.6) is 0 Å². The van der Waals surface area contributed by atoms with E-state index in [2.05, 4.69) is 10.3 Å². The Morgan fingerprint density at radius 1 is 1.12 bits per heavy atom. The molecule has 0 atom stereocenters. The number of carbonyl (C=O) groups is 1. The lowest BCUT2D eigenvalue weighted by atomic mass is 10.1. The van der Waals surface area contributed by atoms with Crippen molar-refractivity contribution >= 4 is 49.6 Å². The van der Waals surface area contributed by atoms with Crippen LogP contribution in [0.3, 0.4) is 0 Å². The lowest BCUT2D eigenvalue weighted by molar-refractivity contribution is 0.103. The number of nitrogens with two attached hydrogens (primary N) is 1. The first-order valence-corrected chi connectivity index (χ1v) is 8.38. The summed E-state index contributed by atoms with van der Waals surface area (Å²) in [5.41, 5.74) is 9.14. The highest BCUT2D eigenvalue weighted by Crippen LogP contribution is 2.27. The molecule has 4 nitrogen and oxygen atoms in total. The van der Waals surface area contributed by atoms with Gasteiger partial charge in [0.25, 0.3) is 5.91 Å². The van der Waals surface area contributed by atoms with Crippen LogP contribution in [0.1, 0.15) is 15.4 Å². The highest BCUT2D eigenvalue weighted by Gasteiger charge is 2.11. The largest absolute Gasteiger partial charge is 0.398 e. The lowest BCUT2D eigenvalue weighted by Gasteiger charge is -2.07. The molecular weight excluding hydrogens is 318 g/mol. The van der Waals surface area contributed by atoms with E-state index in [0.717, 1.165) is 26.7 Å². The molecule has 24 heavy (non-hydrogen) atoms. The van der Waals surface area contributed by atoms with Crippen LogP contribution in [0, 0.1) is 6.92 Å². The lowest BCUT2D eigenvalue weighted by Crippen LogP contribution is -2.10. The fourth-order valence-electron chi connectivity index (χ4n) is 2.75. The van der Waals surface area contributed by atoms with Crippen molar-refractivity contribution in [3.63, 3.8) is 0 Å². The average Bonchev–Trinajstić information content (AvgIpc) is 2.99. The van der Waals surface area contributed by atoms with Crippen molar-refractivity contribution in [2.75, 3.05) is 11.1 Å². The summed E-state index contributed by atoms with van der Waals surface area (Å²) >= 11 is 1.48. The zero-order valence-electron chi connectivity index (χ0n) is 13.0. The second-order valence-electron chi connectivity index (χ2n) is 5.69. The van der Waals surface area contributed by atoms with Crippen LogP contribution in [-0.2, 0) is 0 Å². The van der Waals surface area contributed by atoms with E-state index >= 15 is 0 Å². The summed E-state index contributed by atoms with van der Waals surface area (Å²) in [6.45, 7) is 1.91. The summed E-state index contributed by atoms with van der Waals surface area (Å²) in [6.07, 6.45) is 0.